The number of alkyl halides is 6. The van der Waals surface area contributed by atoms with Crippen molar-refractivity contribution in [3.05, 3.63) is 23.3 Å². The first-order valence-corrected chi connectivity index (χ1v) is 4.76. The van der Waals surface area contributed by atoms with Gasteiger partial charge < -0.3 is 5.73 Å². The Kier molecular flexibility index (Phi) is 3.35. The van der Waals surface area contributed by atoms with E-state index in [1.165, 1.54) is 0 Å². The van der Waals surface area contributed by atoms with Gasteiger partial charge in [-0.1, -0.05) is 17.7 Å². The molecular formula is C10H11F6N. The van der Waals surface area contributed by atoms with Crippen molar-refractivity contribution in [1.82, 2.24) is 0 Å². The second-order valence-corrected chi connectivity index (χ2v) is 4.13. The minimum Gasteiger partial charge on any atom is -0.327 e. The quantitative estimate of drug-likeness (QED) is 0.567. The van der Waals surface area contributed by atoms with Crippen molar-refractivity contribution < 1.29 is 26.3 Å². The van der Waals surface area contributed by atoms with Gasteiger partial charge in [-0.3, -0.25) is 0 Å². The summed E-state index contributed by atoms with van der Waals surface area (Å²) < 4.78 is 75.5. The van der Waals surface area contributed by atoms with E-state index in [0.29, 0.717) is 6.92 Å². The lowest BCUT2D eigenvalue weighted by atomic mass is 9.79. The van der Waals surface area contributed by atoms with Gasteiger partial charge in [0.15, 0.2) is 0 Å². The van der Waals surface area contributed by atoms with Crippen LogP contribution in [0.2, 0.25) is 0 Å². The largest absolute Gasteiger partial charge is 0.412 e. The fourth-order valence-corrected chi connectivity index (χ4v) is 1.65. The van der Waals surface area contributed by atoms with Gasteiger partial charge in [-0.2, -0.15) is 26.3 Å². The number of hydrogen-bond acceptors (Lipinski definition) is 1. The zero-order valence-electron chi connectivity index (χ0n) is 8.91. The van der Waals surface area contributed by atoms with Crippen molar-refractivity contribution in [3.8, 4) is 0 Å². The molecule has 1 rings (SSSR count). The molecule has 1 aliphatic rings. The molecule has 0 aromatic rings. The highest BCUT2D eigenvalue weighted by atomic mass is 19.4. The summed E-state index contributed by atoms with van der Waals surface area (Å²) in [6.45, 7) is 0.382. The van der Waals surface area contributed by atoms with E-state index in [4.69, 9.17) is 5.73 Å². The fourth-order valence-electron chi connectivity index (χ4n) is 1.65. The van der Waals surface area contributed by atoms with E-state index in [2.05, 4.69) is 0 Å². The summed E-state index contributed by atoms with van der Waals surface area (Å²) in [6, 6.07) is 0. The van der Waals surface area contributed by atoms with Crippen LogP contribution in [0.15, 0.2) is 23.3 Å². The highest BCUT2D eigenvalue weighted by Gasteiger charge is 2.51. The maximum Gasteiger partial charge on any atom is 0.412 e. The zero-order valence-corrected chi connectivity index (χ0v) is 8.91. The van der Waals surface area contributed by atoms with Crippen molar-refractivity contribution in [3.63, 3.8) is 0 Å². The molecule has 0 aromatic heterocycles. The average molecular weight is 259 g/mol. The van der Waals surface area contributed by atoms with Crippen molar-refractivity contribution >= 4 is 0 Å². The molecule has 0 spiro atoms. The van der Waals surface area contributed by atoms with Gasteiger partial charge in [0.25, 0.3) is 0 Å². The van der Waals surface area contributed by atoms with Crippen molar-refractivity contribution in [1.29, 1.82) is 0 Å². The number of hydrogen-bond donors (Lipinski definition) is 1. The number of rotatable bonds is 1. The topological polar surface area (TPSA) is 26.0 Å². The lowest BCUT2D eigenvalue weighted by Crippen LogP contribution is -2.36. The maximum atomic E-state index is 12.7. The van der Waals surface area contributed by atoms with Gasteiger partial charge in [-0.25, -0.2) is 0 Å². The summed E-state index contributed by atoms with van der Waals surface area (Å²) in [5.41, 5.74) is 1.29. The van der Waals surface area contributed by atoms with Gasteiger partial charge in [-0.15, -0.1) is 0 Å². The molecule has 0 saturated heterocycles. The van der Waals surface area contributed by atoms with Gasteiger partial charge in [0, 0.05) is 12.1 Å². The molecule has 0 heterocycles. The third-order valence-corrected chi connectivity index (χ3v) is 2.63. The zero-order chi connectivity index (χ0) is 13.5. The molecule has 1 aliphatic carbocycles. The van der Waals surface area contributed by atoms with E-state index >= 15 is 0 Å². The first kappa shape index (κ1) is 14.1. The first-order valence-electron chi connectivity index (χ1n) is 4.76. The van der Waals surface area contributed by atoms with Crippen LogP contribution in [0.1, 0.15) is 13.3 Å². The van der Waals surface area contributed by atoms with Crippen LogP contribution in [0, 0.1) is 5.41 Å². The number of nitrogens with two attached hydrogens (primary N) is 1. The molecule has 0 saturated carbocycles. The predicted octanol–water partition coefficient (Wildman–Crippen LogP) is 3.33. The molecule has 1 nitrogen and oxygen atoms in total. The van der Waals surface area contributed by atoms with Gasteiger partial charge in [0.05, 0.1) is 0 Å². The van der Waals surface area contributed by atoms with Crippen molar-refractivity contribution in [2.24, 2.45) is 11.1 Å². The SMILES string of the molecule is CC1(C(F)(F)F)C=C(CN)CC(C(F)(F)F)=C1. The summed E-state index contributed by atoms with van der Waals surface area (Å²) in [5.74, 6) is 0. The minimum atomic E-state index is -4.77. The average Bonchev–Trinajstić information content (AvgIpc) is 2.13. The van der Waals surface area contributed by atoms with Crippen LogP contribution in [0.4, 0.5) is 26.3 Å². The van der Waals surface area contributed by atoms with Crippen LogP contribution < -0.4 is 5.73 Å². The molecule has 1 unspecified atom stereocenters. The summed E-state index contributed by atoms with van der Waals surface area (Å²) >= 11 is 0. The third kappa shape index (κ3) is 2.83. The lowest BCUT2D eigenvalue weighted by molar-refractivity contribution is -0.185. The van der Waals surface area contributed by atoms with Gasteiger partial charge in [-0.05, 0) is 13.3 Å². The standard InChI is InChI=1S/C10H11F6N/c1-8(10(14,15)16)3-6(5-17)2-7(4-8)9(11,12)13/h3-4H,2,5,17H2,1H3. The van der Waals surface area contributed by atoms with Crippen LogP contribution in [0.3, 0.4) is 0 Å². The Morgan fingerprint density at radius 2 is 1.71 bits per heavy atom. The first-order chi connectivity index (χ1) is 7.49. The van der Waals surface area contributed by atoms with E-state index < -0.39 is 29.8 Å². The van der Waals surface area contributed by atoms with Crippen molar-refractivity contribution in [2.45, 2.75) is 25.7 Å². The van der Waals surface area contributed by atoms with E-state index in [-0.39, 0.29) is 18.2 Å². The minimum absolute atomic E-state index is 0.0559. The van der Waals surface area contributed by atoms with Crippen LogP contribution in [0.25, 0.3) is 0 Å². The van der Waals surface area contributed by atoms with E-state index in [9.17, 15) is 26.3 Å². The molecule has 7 heteroatoms. The van der Waals surface area contributed by atoms with Crippen molar-refractivity contribution in [2.75, 3.05) is 6.54 Å². The second kappa shape index (κ2) is 4.04. The molecule has 0 aliphatic heterocycles. The van der Waals surface area contributed by atoms with Gasteiger partial charge in [0.2, 0.25) is 0 Å². The third-order valence-electron chi connectivity index (χ3n) is 2.63. The molecule has 1 atom stereocenters. The molecule has 0 radical (unpaired) electrons. The number of halogens is 6. The summed E-state index contributed by atoms with van der Waals surface area (Å²) in [7, 11) is 0. The van der Waals surface area contributed by atoms with Gasteiger partial charge >= 0.3 is 12.4 Å². The Morgan fingerprint density at radius 3 is 2.06 bits per heavy atom. The molecule has 98 valence electrons. The molecule has 0 amide bonds. The Balaban J connectivity index is 3.24. The monoisotopic (exact) mass is 259 g/mol. The predicted molar refractivity (Wildman–Crippen MR) is 50.1 cm³/mol. The van der Waals surface area contributed by atoms with Crippen LogP contribution in [-0.4, -0.2) is 18.9 Å². The molecule has 17 heavy (non-hydrogen) atoms. The van der Waals surface area contributed by atoms with Crippen LogP contribution >= 0.6 is 0 Å². The summed E-state index contributed by atoms with van der Waals surface area (Å²) in [5, 5.41) is 0. The Bertz CT molecular complexity index is 362. The lowest BCUT2D eigenvalue weighted by Gasteiger charge is -2.32. The van der Waals surface area contributed by atoms with Crippen LogP contribution in [-0.2, 0) is 0 Å². The Hall–Kier alpha value is -0.980. The van der Waals surface area contributed by atoms with E-state index in [1.807, 2.05) is 0 Å². The Morgan fingerprint density at radius 1 is 1.18 bits per heavy atom. The molecule has 0 aromatic carbocycles. The summed E-state index contributed by atoms with van der Waals surface area (Å²) in [6.07, 6.45) is -9.12. The second-order valence-electron chi connectivity index (χ2n) is 4.13. The smallest absolute Gasteiger partial charge is 0.327 e. The molecular weight excluding hydrogens is 248 g/mol. The maximum absolute atomic E-state index is 12.7. The Labute approximate surface area is 94.0 Å². The van der Waals surface area contributed by atoms with E-state index in [1.54, 1.807) is 0 Å². The fraction of sp³-hybridized carbons (Fsp3) is 0.600. The highest BCUT2D eigenvalue weighted by molar-refractivity contribution is 5.33. The molecule has 2 N–H and O–H groups in total. The molecule has 0 fully saturated rings. The summed E-state index contributed by atoms with van der Waals surface area (Å²) in [4.78, 5) is 0. The van der Waals surface area contributed by atoms with E-state index in [0.717, 1.165) is 6.08 Å². The molecule has 0 bridgehead atoms. The van der Waals surface area contributed by atoms with Crippen LogP contribution in [0.5, 0.6) is 0 Å². The van der Waals surface area contributed by atoms with Gasteiger partial charge in [0.1, 0.15) is 5.41 Å². The number of allylic oxidation sites excluding steroid dienone is 3. The normalized spacial score (nSPS) is 26.6. The highest BCUT2D eigenvalue weighted by Crippen LogP contribution is 2.47.